The van der Waals surface area contributed by atoms with Crippen LogP contribution in [0.2, 0.25) is 0 Å². The quantitative estimate of drug-likeness (QED) is 0.253. The maximum Gasteiger partial charge on any atom is -0.0351 e. The van der Waals surface area contributed by atoms with Crippen LogP contribution in [0.5, 0.6) is 0 Å². The van der Waals surface area contributed by atoms with Crippen LogP contribution in [0.1, 0.15) is 90.9 Å². The van der Waals surface area contributed by atoms with Gasteiger partial charge in [-0.05, 0) is 18.8 Å². The summed E-state index contributed by atoms with van der Waals surface area (Å²) in [7, 11) is 0. The van der Waals surface area contributed by atoms with Gasteiger partial charge in [0, 0.05) is 0 Å². The van der Waals surface area contributed by atoms with Crippen LogP contribution >= 0.6 is 0 Å². The van der Waals surface area contributed by atoms with Crippen molar-refractivity contribution in [1.82, 2.24) is 0 Å². The fraction of sp³-hybridized carbons (Fsp3) is 0.882. The Morgan fingerprint density at radius 1 is 0.824 bits per heavy atom. The average molecular weight is 238 g/mol. The largest absolute Gasteiger partial charge is 0.103 e. The van der Waals surface area contributed by atoms with Gasteiger partial charge in [-0.15, -0.1) is 6.58 Å². The molecule has 0 aromatic carbocycles. The SMILES string of the molecule is C=CCCC(CC)CCCCCCCCCC. The number of hydrogen-bond donors (Lipinski definition) is 0. The van der Waals surface area contributed by atoms with E-state index in [1.54, 1.807) is 0 Å². The lowest BCUT2D eigenvalue weighted by molar-refractivity contribution is 0.414. The van der Waals surface area contributed by atoms with Crippen molar-refractivity contribution in [3.8, 4) is 0 Å². The van der Waals surface area contributed by atoms with Crippen LogP contribution in [0.3, 0.4) is 0 Å². The molecule has 102 valence electrons. The van der Waals surface area contributed by atoms with Crippen molar-refractivity contribution in [2.75, 3.05) is 0 Å². The normalized spacial score (nSPS) is 12.6. The fourth-order valence-corrected chi connectivity index (χ4v) is 2.47. The Morgan fingerprint density at radius 3 is 1.94 bits per heavy atom. The van der Waals surface area contributed by atoms with E-state index in [1.807, 2.05) is 0 Å². The summed E-state index contributed by atoms with van der Waals surface area (Å²) in [5.41, 5.74) is 0. The van der Waals surface area contributed by atoms with Gasteiger partial charge in [-0.3, -0.25) is 0 Å². The molecule has 0 rings (SSSR count). The van der Waals surface area contributed by atoms with E-state index in [-0.39, 0.29) is 0 Å². The number of rotatable bonds is 13. The molecule has 1 atom stereocenters. The second-order valence-corrected chi connectivity index (χ2v) is 5.40. The molecule has 0 nitrogen and oxygen atoms in total. The number of allylic oxidation sites excluding steroid dienone is 1. The molecule has 0 fully saturated rings. The van der Waals surface area contributed by atoms with Crippen molar-refractivity contribution in [3.63, 3.8) is 0 Å². The molecule has 0 N–H and O–H groups in total. The highest BCUT2D eigenvalue weighted by Gasteiger charge is 2.04. The molecule has 0 heterocycles. The minimum Gasteiger partial charge on any atom is -0.103 e. The van der Waals surface area contributed by atoms with Gasteiger partial charge in [-0.25, -0.2) is 0 Å². The van der Waals surface area contributed by atoms with E-state index in [0.717, 1.165) is 5.92 Å². The predicted molar refractivity (Wildman–Crippen MR) is 80.4 cm³/mol. The van der Waals surface area contributed by atoms with Crippen LogP contribution < -0.4 is 0 Å². The summed E-state index contributed by atoms with van der Waals surface area (Å²) in [4.78, 5) is 0. The van der Waals surface area contributed by atoms with E-state index in [1.165, 1.54) is 77.0 Å². The molecule has 0 amide bonds. The van der Waals surface area contributed by atoms with Gasteiger partial charge in [-0.1, -0.05) is 84.1 Å². The van der Waals surface area contributed by atoms with Crippen LogP contribution in [0, 0.1) is 5.92 Å². The van der Waals surface area contributed by atoms with E-state index < -0.39 is 0 Å². The number of hydrogen-bond acceptors (Lipinski definition) is 0. The van der Waals surface area contributed by atoms with Crippen LogP contribution in [0.25, 0.3) is 0 Å². The Hall–Kier alpha value is -0.260. The van der Waals surface area contributed by atoms with Crippen molar-refractivity contribution < 1.29 is 0 Å². The third kappa shape index (κ3) is 12.0. The summed E-state index contributed by atoms with van der Waals surface area (Å²) in [6.07, 6.45) is 19.0. The third-order valence-electron chi connectivity index (χ3n) is 3.82. The molecular weight excluding hydrogens is 204 g/mol. The van der Waals surface area contributed by atoms with E-state index in [0.29, 0.717) is 0 Å². The van der Waals surface area contributed by atoms with Gasteiger partial charge < -0.3 is 0 Å². The minimum absolute atomic E-state index is 0.952. The second kappa shape index (κ2) is 13.8. The molecule has 0 aliphatic carbocycles. The molecule has 0 aliphatic rings. The summed E-state index contributed by atoms with van der Waals surface area (Å²) in [5, 5.41) is 0. The molecule has 0 bridgehead atoms. The van der Waals surface area contributed by atoms with Crippen LogP contribution in [0.15, 0.2) is 12.7 Å². The van der Waals surface area contributed by atoms with E-state index in [9.17, 15) is 0 Å². The van der Waals surface area contributed by atoms with Crippen molar-refractivity contribution >= 4 is 0 Å². The molecule has 0 heteroatoms. The lowest BCUT2D eigenvalue weighted by Gasteiger charge is -2.13. The zero-order valence-corrected chi connectivity index (χ0v) is 12.3. The molecule has 1 unspecified atom stereocenters. The Labute approximate surface area is 110 Å². The van der Waals surface area contributed by atoms with Gasteiger partial charge in [0.05, 0.1) is 0 Å². The fourth-order valence-electron chi connectivity index (χ4n) is 2.47. The molecule has 0 aliphatic heterocycles. The van der Waals surface area contributed by atoms with Gasteiger partial charge in [0.2, 0.25) is 0 Å². The van der Waals surface area contributed by atoms with E-state index >= 15 is 0 Å². The van der Waals surface area contributed by atoms with Crippen molar-refractivity contribution in [2.24, 2.45) is 5.92 Å². The zero-order chi connectivity index (χ0) is 12.8. The summed E-state index contributed by atoms with van der Waals surface area (Å²) < 4.78 is 0. The van der Waals surface area contributed by atoms with Crippen LogP contribution in [-0.2, 0) is 0 Å². The van der Waals surface area contributed by atoms with Gasteiger partial charge in [0.1, 0.15) is 0 Å². The highest BCUT2D eigenvalue weighted by atomic mass is 14.1. The van der Waals surface area contributed by atoms with E-state index in [2.05, 4.69) is 26.5 Å². The Bertz CT molecular complexity index is 148. The molecule has 0 spiro atoms. The van der Waals surface area contributed by atoms with Gasteiger partial charge in [-0.2, -0.15) is 0 Å². The molecule has 0 saturated heterocycles. The van der Waals surface area contributed by atoms with Crippen LogP contribution in [0.4, 0.5) is 0 Å². The monoisotopic (exact) mass is 238 g/mol. The van der Waals surface area contributed by atoms with Crippen molar-refractivity contribution in [2.45, 2.75) is 90.9 Å². The summed E-state index contributed by atoms with van der Waals surface area (Å²) in [6, 6.07) is 0. The first-order valence-corrected chi connectivity index (χ1v) is 7.96. The van der Waals surface area contributed by atoms with Gasteiger partial charge in [0.15, 0.2) is 0 Å². The van der Waals surface area contributed by atoms with Gasteiger partial charge in [0.25, 0.3) is 0 Å². The first-order chi connectivity index (χ1) is 8.35. The Balaban J connectivity index is 3.21. The smallest absolute Gasteiger partial charge is 0.0351 e. The summed E-state index contributed by atoms with van der Waals surface area (Å²) >= 11 is 0. The first-order valence-electron chi connectivity index (χ1n) is 7.96. The molecule has 0 aromatic rings. The first kappa shape index (κ1) is 16.7. The highest BCUT2D eigenvalue weighted by molar-refractivity contribution is 4.69. The van der Waals surface area contributed by atoms with Gasteiger partial charge >= 0.3 is 0 Å². The molecule has 0 radical (unpaired) electrons. The second-order valence-electron chi connectivity index (χ2n) is 5.40. The topological polar surface area (TPSA) is 0 Å². The minimum atomic E-state index is 0.952. The standard InChI is InChI=1S/C17H34/c1-4-7-9-10-11-12-13-14-16-17(6-3)15-8-5-2/h5,17H,2,4,6-16H2,1,3H3. The highest BCUT2D eigenvalue weighted by Crippen LogP contribution is 2.20. The van der Waals surface area contributed by atoms with Crippen molar-refractivity contribution in [3.05, 3.63) is 12.7 Å². The molecular formula is C17H34. The predicted octanol–water partition coefficient (Wildman–Crippen LogP) is 6.51. The number of unbranched alkanes of at least 4 members (excludes halogenated alkanes) is 7. The van der Waals surface area contributed by atoms with Crippen LogP contribution in [-0.4, -0.2) is 0 Å². The lowest BCUT2D eigenvalue weighted by atomic mass is 9.93. The Morgan fingerprint density at radius 2 is 1.41 bits per heavy atom. The Kier molecular flexibility index (Phi) is 13.6. The molecule has 0 saturated carbocycles. The zero-order valence-electron chi connectivity index (χ0n) is 12.3. The van der Waals surface area contributed by atoms with E-state index in [4.69, 9.17) is 0 Å². The molecule has 0 aromatic heterocycles. The lowest BCUT2D eigenvalue weighted by Crippen LogP contribution is -1.98. The summed E-state index contributed by atoms with van der Waals surface area (Å²) in [5.74, 6) is 0.952. The average Bonchev–Trinajstić information content (AvgIpc) is 2.36. The van der Waals surface area contributed by atoms with Crippen molar-refractivity contribution in [1.29, 1.82) is 0 Å². The maximum absolute atomic E-state index is 3.81. The maximum atomic E-state index is 3.81. The molecule has 17 heavy (non-hydrogen) atoms. The third-order valence-corrected chi connectivity index (χ3v) is 3.82. The summed E-state index contributed by atoms with van der Waals surface area (Å²) in [6.45, 7) is 8.43.